The fourth-order valence-corrected chi connectivity index (χ4v) is 4.09. The van der Waals surface area contributed by atoms with Crippen molar-refractivity contribution in [3.63, 3.8) is 0 Å². The van der Waals surface area contributed by atoms with Crippen LogP contribution >= 0.6 is 11.3 Å². The molecule has 0 amide bonds. The summed E-state index contributed by atoms with van der Waals surface area (Å²) in [7, 11) is 0. The number of hydrogen-bond donors (Lipinski definition) is 1. The van der Waals surface area contributed by atoms with Crippen molar-refractivity contribution in [2.24, 2.45) is 0 Å². The van der Waals surface area contributed by atoms with Crippen LogP contribution in [0, 0.1) is 0 Å². The number of nitrogens with one attached hydrogen (secondary N) is 1. The van der Waals surface area contributed by atoms with Crippen LogP contribution in [0.3, 0.4) is 0 Å². The first-order valence-electron chi connectivity index (χ1n) is 8.17. The molecule has 0 spiro atoms. The van der Waals surface area contributed by atoms with Crippen LogP contribution < -0.4 is 5.32 Å². The maximum atomic E-state index is 4.73. The van der Waals surface area contributed by atoms with Gasteiger partial charge >= 0.3 is 0 Å². The van der Waals surface area contributed by atoms with Gasteiger partial charge in [-0.1, -0.05) is 44.1 Å². The minimum absolute atomic E-state index is 0.640. The molecule has 1 heterocycles. The molecular formula is C17H25N3S. The van der Waals surface area contributed by atoms with E-state index >= 15 is 0 Å². The van der Waals surface area contributed by atoms with E-state index in [0.29, 0.717) is 6.04 Å². The Bertz CT molecular complexity index is 581. The van der Waals surface area contributed by atoms with Crippen molar-refractivity contribution in [1.29, 1.82) is 0 Å². The monoisotopic (exact) mass is 303 g/mol. The van der Waals surface area contributed by atoms with Gasteiger partial charge in [0.25, 0.3) is 0 Å². The molecule has 0 radical (unpaired) electrons. The predicted molar refractivity (Wildman–Crippen MR) is 92.1 cm³/mol. The van der Waals surface area contributed by atoms with Crippen molar-refractivity contribution in [2.75, 3.05) is 18.4 Å². The third kappa shape index (κ3) is 3.55. The summed E-state index contributed by atoms with van der Waals surface area (Å²) in [5.41, 5.74) is 2.52. The van der Waals surface area contributed by atoms with Gasteiger partial charge in [0.2, 0.25) is 0 Å². The topological polar surface area (TPSA) is 28.2 Å². The van der Waals surface area contributed by atoms with E-state index in [0.717, 1.165) is 30.3 Å². The number of anilines is 1. The zero-order chi connectivity index (χ0) is 14.7. The number of fused-ring (bicyclic) bond motifs is 1. The van der Waals surface area contributed by atoms with Crippen LogP contribution in [-0.2, 0) is 6.54 Å². The van der Waals surface area contributed by atoms with Gasteiger partial charge in [-0.15, -0.1) is 0 Å². The highest BCUT2D eigenvalue weighted by Crippen LogP contribution is 2.30. The van der Waals surface area contributed by atoms with Crippen LogP contribution in [0.2, 0.25) is 0 Å². The fraction of sp³-hybridized carbons (Fsp3) is 0.588. The molecule has 0 unspecified atom stereocenters. The van der Waals surface area contributed by atoms with E-state index in [1.165, 1.54) is 35.9 Å². The van der Waals surface area contributed by atoms with E-state index in [1.54, 1.807) is 11.3 Å². The van der Waals surface area contributed by atoms with Crippen LogP contribution in [0.1, 0.15) is 45.1 Å². The molecule has 114 valence electrons. The summed E-state index contributed by atoms with van der Waals surface area (Å²) >= 11 is 1.80. The Hall–Kier alpha value is -1.13. The molecule has 2 aromatic rings. The average Bonchev–Trinajstić information content (AvgIpc) is 3.13. The van der Waals surface area contributed by atoms with Gasteiger partial charge in [-0.2, -0.15) is 0 Å². The minimum Gasteiger partial charge on any atom is -0.359 e. The van der Waals surface area contributed by atoms with E-state index in [1.807, 2.05) is 0 Å². The highest BCUT2D eigenvalue weighted by molar-refractivity contribution is 7.22. The predicted octanol–water partition coefficient (Wildman–Crippen LogP) is 4.49. The second-order valence-corrected chi connectivity index (χ2v) is 6.94. The maximum absolute atomic E-state index is 4.73. The summed E-state index contributed by atoms with van der Waals surface area (Å²) in [4.78, 5) is 7.17. The molecule has 0 atom stereocenters. The van der Waals surface area contributed by atoms with Crippen molar-refractivity contribution >= 4 is 26.7 Å². The first-order valence-corrected chi connectivity index (χ1v) is 8.98. The molecule has 1 aliphatic rings. The van der Waals surface area contributed by atoms with Gasteiger partial charge in [-0.25, -0.2) is 4.98 Å². The number of hydrogen-bond acceptors (Lipinski definition) is 4. The molecule has 21 heavy (non-hydrogen) atoms. The SMILES string of the molecule is CCN(CC)Cc1ccc2nc(NC3CCCC3)sc2c1. The summed E-state index contributed by atoms with van der Waals surface area (Å²) in [6, 6.07) is 7.34. The Morgan fingerprint density at radius 3 is 2.71 bits per heavy atom. The zero-order valence-corrected chi connectivity index (χ0v) is 13.9. The molecule has 4 heteroatoms. The lowest BCUT2D eigenvalue weighted by molar-refractivity contribution is 0.296. The lowest BCUT2D eigenvalue weighted by atomic mass is 10.2. The van der Waals surface area contributed by atoms with Crippen LogP contribution in [0.5, 0.6) is 0 Å². The first-order chi connectivity index (χ1) is 10.3. The van der Waals surface area contributed by atoms with Crippen LogP contribution in [0.25, 0.3) is 10.2 Å². The Kier molecular flexibility index (Phi) is 4.76. The number of aromatic nitrogens is 1. The first kappa shape index (κ1) is 14.8. The number of thiazole rings is 1. The number of benzene rings is 1. The lowest BCUT2D eigenvalue weighted by Crippen LogP contribution is -2.21. The Morgan fingerprint density at radius 1 is 1.24 bits per heavy atom. The molecular weight excluding hydrogens is 278 g/mol. The fourth-order valence-electron chi connectivity index (χ4n) is 3.08. The average molecular weight is 303 g/mol. The standard InChI is InChI=1S/C17H25N3S/c1-3-20(4-2)12-13-9-10-15-16(11-13)21-17(19-15)18-14-7-5-6-8-14/h9-11,14H,3-8,12H2,1-2H3,(H,18,19). The Labute approximate surface area is 131 Å². The molecule has 3 nitrogen and oxygen atoms in total. The molecule has 0 saturated heterocycles. The van der Waals surface area contributed by atoms with Crippen molar-refractivity contribution in [2.45, 2.75) is 52.1 Å². The van der Waals surface area contributed by atoms with Crippen molar-refractivity contribution in [3.8, 4) is 0 Å². The summed E-state index contributed by atoms with van der Waals surface area (Å²) in [5.74, 6) is 0. The van der Waals surface area contributed by atoms with Gasteiger partial charge < -0.3 is 5.32 Å². The van der Waals surface area contributed by atoms with Crippen molar-refractivity contribution in [3.05, 3.63) is 23.8 Å². The van der Waals surface area contributed by atoms with E-state index in [9.17, 15) is 0 Å². The minimum atomic E-state index is 0.640. The van der Waals surface area contributed by atoms with Gasteiger partial charge in [0, 0.05) is 12.6 Å². The van der Waals surface area contributed by atoms with E-state index < -0.39 is 0 Å². The number of nitrogens with zero attached hydrogens (tertiary/aromatic N) is 2. The lowest BCUT2D eigenvalue weighted by Gasteiger charge is -2.17. The van der Waals surface area contributed by atoms with Gasteiger partial charge in [0.15, 0.2) is 5.13 Å². The van der Waals surface area contributed by atoms with E-state index in [2.05, 4.69) is 42.3 Å². The van der Waals surface area contributed by atoms with E-state index in [4.69, 9.17) is 4.98 Å². The maximum Gasteiger partial charge on any atom is 0.184 e. The largest absolute Gasteiger partial charge is 0.359 e. The van der Waals surface area contributed by atoms with Crippen molar-refractivity contribution < 1.29 is 0 Å². The molecule has 1 aromatic carbocycles. The number of rotatable bonds is 6. The summed E-state index contributed by atoms with van der Waals surface area (Å²) < 4.78 is 1.31. The summed E-state index contributed by atoms with van der Waals surface area (Å²) in [5, 5.41) is 4.70. The van der Waals surface area contributed by atoms with Gasteiger partial charge in [-0.05, 0) is 43.6 Å². The summed E-state index contributed by atoms with van der Waals surface area (Å²) in [6.07, 6.45) is 5.30. The van der Waals surface area contributed by atoms with Crippen molar-refractivity contribution in [1.82, 2.24) is 9.88 Å². The molecule has 3 rings (SSSR count). The van der Waals surface area contributed by atoms with Crippen LogP contribution in [-0.4, -0.2) is 29.0 Å². The molecule has 1 saturated carbocycles. The third-order valence-corrected chi connectivity index (χ3v) is 5.39. The van der Waals surface area contributed by atoms with Gasteiger partial charge in [-0.3, -0.25) is 4.90 Å². The molecule has 1 fully saturated rings. The Morgan fingerprint density at radius 2 is 2.00 bits per heavy atom. The zero-order valence-electron chi connectivity index (χ0n) is 13.1. The summed E-state index contributed by atoms with van der Waals surface area (Å²) in [6.45, 7) is 7.68. The van der Waals surface area contributed by atoms with Gasteiger partial charge in [0.1, 0.15) is 0 Å². The molecule has 1 aromatic heterocycles. The molecule has 1 aliphatic carbocycles. The normalized spacial score (nSPS) is 16.1. The van der Waals surface area contributed by atoms with Crippen LogP contribution in [0.15, 0.2) is 18.2 Å². The van der Waals surface area contributed by atoms with E-state index in [-0.39, 0.29) is 0 Å². The molecule has 0 bridgehead atoms. The molecule has 1 N–H and O–H groups in total. The third-order valence-electron chi connectivity index (χ3n) is 4.44. The second kappa shape index (κ2) is 6.75. The van der Waals surface area contributed by atoms with Gasteiger partial charge in [0.05, 0.1) is 10.2 Å². The Balaban J connectivity index is 1.74. The molecule has 0 aliphatic heterocycles. The highest BCUT2D eigenvalue weighted by atomic mass is 32.1. The quantitative estimate of drug-likeness (QED) is 0.852. The smallest absolute Gasteiger partial charge is 0.184 e. The van der Waals surface area contributed by atoms with Crippen LogP contribution in [0.4, 0.5) is 5.13 Å². The second-order valence-electron chi connectivity index (χ2n) is 5.91. The highest BCUT2D eigenvalue weighted by Gasteiger charge is 2.16.